The van der Waals surface area contributed by atoms with Gasteiger partial charge in [0, 0.05) is 5.69 Å². The molecular weight excluding hydrogens is 382 g/mol. The van der Waals surface area contributed by atoms with E-state index in [9.17, 15) is 9.90 Å². The highest BCUT2D eigenvalue weighted by Gasteiger charge is 2.60. The molecule has 4 bridgehead atoms. The lowest BCUT2D eigenvalue weighted by molar-refractivity contribution is -0.197. The molecular formula is C22H27N5O3. The topological polar surface area (TPSA) is 123 Å². The first-order chi connectivity index (χ1) is 14.3. The van der Waals surface area contributed by atoms with Crippen LogP contribution in [0.25, 0.3) is 0 Å². The average molecular weight is 409 g/mol. The Morgan fingerprint density at radius 3 is 2.63 bits per heavy atom. The quantitative estimate of drug-likeness (QED) is 0.644. The van der Waals surface area contributed by atoms with Crippen LogP contribution < -0.4 is 11.1 Å². The third-order valence-corrected chi connectivity index (χ3v) is 6.89. The van der Waals surface area contributed by atoms with E-state index in [1.165, 1.54) is 0 Å². The number of anilines is 3. The molecule has 2 aromatic rings. The molecule has 0 spiro atoms. The number of nitrogens with one attached hydrogen (secondary N) is 1. The molecule has 4 aliphatic rings. The second kappa shape index (κ2) is 6.91. The van der Waals surface area contributed by atoms with Crippen molar-refractivity contribution in [3.05, 3.63) is 35.7 Å². The maximum Gasteiger partial charge on any atom is 0.312 e. The van der Waals surface area contributed by atoms with Gasteiger partial charge in [0.25, 0.3) is 0 Å². The molecule has 0 radical (unpaired) electrons. The third-order valence-electron chi connectivity index (χ3n) is 6.89. The zero-order valence-corrected chi connectivity index (χ0v) is 17.1. The van der Waals surface area contributed by atoms with Gasteiger partial charge in [-0.3, -0.25) is 4.79 Å². The normalized spacial score (nSPS) is 31.5. The molecule has 0 saturated heterocycles. The standard InChI is InChI=1S/C22H27N5O3/c1-13-4-2-3-5-16(13)24-20-26-17(25-19(23)27-20)11-30-18(28)21-7-14-6-15(8-21)10-22(29,9-14)12-21/h2-5,14-15,29H,6-12H2,1H3,(H3,23,24,25,26,27)/t14-,15-,21?,22?/m1/s1. The van der Waals surface area contributed by atoms with Crippen LogP contribution in [0.2, 0.25) is 0 Å². The largest absolute Gasteiger partial charge is 0.457 e. The molecule has 1 aromatic heterocycles. The second-order valence-electron chi connectivity index (χ2n) is 9.42. The van der Waals surface area contributed by atoms with Crippen molar-refractivity contribution in [3.8, 4) is 0 Å². The molecule has 0 unspecified atom stereocenters. The van der Waals surface area contributed by atoms with Crippen LogP contribution in [0, 0.1) is 24.2 Å². The Morgan fingerprint density at radius 2 is 1.93 bits per heavy atom. The maximum atomic E-state index is 13.1. The number of aromatic nitrogens is 3. The maximum absolute atomic E-state index is 13.1. The lowest BCUT2D eigenvalue weighted by atomic mass is 9.48. The molecule has 1 aromatic carbocycles. The van der Waals surface area contributed by atoms with Crippen LogP contribution in [0.1, 0.15) is 49.9 Å². The predicted octanol–water partition coefficient (Wildman–Crippen LogP) is 2.88. The molecule has 0 aliphatic heterocycles. The number of rotatable bonds is 5. The Bertz CT molecular complexity index is 980. The van der Waals surface area contributed by atoms with E-state index in [2.05, 4.69) is 20.3 Å². The summed E-state index contributed by atoms with van der Waals surface area (Å²) >= 11 is 0. The number of para-hydroxylation sites is 1. The lowest BCUT2D eigenvalue weighted by Gasteiger charge is -2.58. The van der Waals surface area contributed by atoms with Gasteiger partial charge >= 0.3 is 5.97 Å². The first-order valence-corrected chi connectivity index (χ1v) is 10.6. The number of benzene rings is 1. The molecule has 4 aliphatic carbocycles. The molecule has 1 heterocycles. The van der Waals surface area contributed by atoms with Gasteiger partial charge in [0.05, 0.1) is 11.0 Å². The van der Waals surface area contributed by atoms with Crippen molar-refractivity contribution in [3.63, 3.8) is 0 Å². The Labute approximate surface area is 175 Å². The molecule has 2 atom stereocenters. The van der Waals surface area contributed by atoms with E-state index in [1.807, 2.05) is 31.2 Å². The second-order valence-corrected chi connectivity index (χ2v) is 9.42. The van der Waals surface area contributed by atoms with Crippen molar-refractivity contribution < 1.29 is 14.6 Å². The summed E-state index contributed by atoms with van der Waals surface area (Å²) in [6.07, 6.45) is 4.88. The van der Waals surface area contributed by atoms with Crippen LogP contribution in [-0.2, 0) is 16.1 Å². The lowest BCUT2D eigenvalue weighted by Crippen LogP contribution is -2.58. The van der Waals surface area contributed by atoms with Crippen LogP contribution in [-0.4, -0.2) is 31.6 Å². The summed E-state index contributed by atoms with van der Waals surface area (Å²) < 4.78 is 5.66. The smallest absolute Gasteiger partial charge is 0.312 e. The fourth-order valence-electron chi connectivity index (χ4n) is 6.13. The summed E-state index contributed by atoms with van der Waals surface area (Å²) in [6, 6.07) is 7.78. The minimum atomic E-state index is -0.703. The van der Waals surface area contributed by atoms with Gasteiger partial charge in [0.2, 0.25) is 11.9 Å². The first-order valence-electron chi connectivity index (χ1n) is 10.6. The van der Waals surface area contributed by atoms with E-state index >= 15 is 0 Å². The van der Waals surface area contributed by atoms with Gasteiger partial charge in [-0.15, -0.1) is 0 Å². The zero-order chi connectivity index (χ0) is 20.9. The van der Waals surface area contributed by atoms with Gasteiger partial charge in [0.1, 0.15) is 0 Å². The number of hydrogen-bond acceptors (Lipinski definition) is 8. The number of nitrogen functional groups attached to an aromatic ring is 1. The highest BCUT2D eigenvalue weighted by Crippen LogP contribution is 2.62. The number of hydrogen-bond donors (Lipinski definition) is 3. The average Bonchev–Trinajstić information content (AvgIpc) is 2.65. The van der Waals surface area contributed by atoms with Crippen molar-refractivity contribution in [1.82, 2.24) is 15.0 Å². The van der Waals surface area contributed by atoms with Gasteiger partial charge in [-0.05, 0) is 68.9 Å². The molecule has 0 amide bonds. The van der Waals surface area contributed by atoms with E-state index in [4.69, 9.17) is 10.5 Å². The van der Waals surface area contributed by atoms with E-state index < -0.39 is 11.0 Å². The van der Waals surface area contributed by atoms with E-state index in [-0.39, 0.29) is 18.5 Å². The van der Waals surface area contributed by atoms with E-state index in [1.54, 1.807) is 0 Å². The summed E-state index contributed by atoms with van der Waals surface area (Å²) in [7, 11) is 0. The molecule has 4 N–H and O–H groups in total. The number of esters is 1. The van der Waals surface area contributed by atoms with Gasteiger partial charge in [0.15, 0.2) is 12.4 Å². The van der Waals surface area contributed by atoms with Crippen LogP contribution in [0.15, 0.2) is 24.3 Å². The van der Waals surface area contributed by atoms with Crippen LogP contribution in [0.4, 0.5) is 17.6 Å². The number of aryl methyl sites for hydroxylation is 1. The first kappa shape index (κ1) is 19.2. The highest BCUT2D eigenvalue weighted by atomic mass is 16.5. The van der Waals surface area contributed by atoms with Crippen molar-refractivity contribution in [1.29, 1.82) is 0 Å². The summed E-state index contributed by atoms with van der Waals surface area (Å²) in [6.45, 7) is 1.92. The molecule has 158 valence electrons. The van der Waals surface area contributed by atoms with Crippen LogP contribution in [0.5, 0.6) is 0 Å². The summed E-state index contributed by atoms with van der Waals surface area (Å²) in [5.41, 5.74) is 6.49. The summed E-state index contributed by atoms with van der Waals surface area (Å²) in [4.78, 5) is 25.7. The van der Waals surface area contributed by atoms with Gasteiger partial charge in [-0.1, -0.05) is 18.2 Å². The van der Waals surface area contributed by atoms with Crippen molar-refractivity contribution in [2.75, 3.05) is 11.1 Å². The number of aliphatic hydroxyl groups is 1. The van der Waals surface area contributed by atoms with Crippen molar-refractivity contribution >= 4 is 23.6 Å². The molecule has 4 fully saturated rings. The SMILES string of the molecule is Cc1ccccc1Nc1nc(N)nc(COC(=O)C23C[C@H]4C[C@@H](CC(O)(C4)C2)C3)n1. The monoisotopic (exact) mass is 409 g/mol. The highest BCUT2D eigenvalue weighted by molar-refractivity contribution is 5.77. The Kier molecular flexibility index (Phi) is 4.43. The Morgan fingerprint density at radius 1 is 1.20 bits per heavy atom. The minimum Gasteiger partial charge on any atom is -0.457 e. The fraction of sp³-hybridized carbons (Fsp3) is 0.545. The third kappa shape index (κ3) is 3.49. The van der Waals surface area contributed by atoms with Crippen molar-refractivity contribution in [2.24, 2.45) is 17.3 Å². The number of nitrogens with zero attached hydrogens (tertiary/aromatic N) is 3. The Balaban J connectivity index is 1.29. The van der Waals surface area contributed by atoms with Gasteiger partial charge < -0.3 is 20.9 Å². The predicted molar refractivity (Wildman–Crippen MR) is 111 cm³/mol. The summed E-state index contributed by atoms with van der Waals surface area (Å²) in [5.74, 6) is 1.27. The molecule has 4 saturated carbocycles. The number of nitrogens with two attached hydrogens (primary N) is 1. The fourth-order valence-corrected chi connectivity index (χ4v) is 6.13. The van der Waals surface area contributed by atoms with Gasteiger partial charge in [-0.2, -0.15) is 15.0 Å². The minimum absolute atomic E-state index is 0.0660. The molecule has 6 rings (SSSR count). The van der Waals surface area contributed by atoms with Crippen molar-refractivity contribution in [2.45, 2.75) is 57.7 Å². The zero-order valence-electron chi connectivity index (χ0n) is 17.1. The van der Waals surface area contributed by atoms with E-state index in [0.29, 0.717) is 30.0 Å². The molecule has 8 nitrogen and oxygen atoms in total. The number of carbonyl (C=O) groups excluding carboxylic acids is 1. The summed E-state index contributed by atoms with van der Waals surface area (Å²) in [5, 5.41) is 14.0. The molecule has 30 heavy (non-hydrogen) atoms. The number of ether oxygens (including phenoxy) is 1. The van der Waals surface area contributed by atoms with Crippen LogP contribution in [0.3, 0.4) is 0 Å². The number of carbonyl (C=O) groups is 1. The van der Waals surface area contributed by atoms with Gasteiger partial charge in [-0.25, -0.2) is 0 Å². The Hall–Kier alpha value is -2.74. The van der Waals surface area contributed by atoms with E-state index in [0.717, 1.165) is 43.4 Å². The van der Waals surface area contributed by atoms with Crippen LogP contribution >= 0.6 is 0 Å². The molecule has 8 heteroatoms.